The van der Waals surface area contributed by atoms with E-state index >= 15 is 0 Å². The second-order valence-corrected chi connectivity index (χ2v) is 11.8. The van der Waals surface area contributed by atoms with Gasteiger partial charge in [0.2, 0.25) is 0 Å². The zero-order valence-electron chi connectivity index (χ0n) is 20.6. The summed E-state index contributed by atoms with van der Waals surface area (Å²) in [7, 11) is 6.85. The number of piperidine rings is 1. The average molecular weight is 468 g/mol. The lowest BCUT2D eigenvalue weighted by Gasteiger charge is -2.70. The fraction of sp³-hybridized carbons (Fsp3) is 1.00. The first-order valence-corrected chi connectivity index (χ1v) is 12.7. The van der Waals surface area contributed by atoms with E-state index in [4.69, 9.17) is 18.9 Å². The molecule has 6 rings (SSSR count). The molecule has 8 nitrogen and oxygen atoms in total. The molecule has 8 heteroatoms. The van der Waals surface area contributed by atoms with E-state index in [1.165, 1.54) is 0 Å². The fourth-order valence-electron chi connectivity index (χ4n) is 11.0. The number of likely N-dealkylation sites (N-methyl/N-ethyl adjacent to an activating group) is 1. The summed E-state index contributed by atoms with van der Waals surface area (Å²) in [5.41, 5.74) is -3.78. The van der Waals surface area contributed by atoms with Gasteiger partial charge in [-0.25, -0.2) is 0 Å². The molecule has 0 aromatic rings. The Kier molecular flexibility index (Phi) is 4.99. The standard InChI is InChI=1S/C25H41NO7/c1-6-26-11-22(12-27)8-7-16(31-3)24-14-9-13-15(30-2)10-23(28,17(14)18(13)32-4)25(29,21(24)26)20(33-5)19(22)24/h13-21,27-29H,6-12H2,1-5H3/t13-,14-,15-,16+,17?,18+,19?,20?,21+,22+,23-,24+,25-/m1/s1. The van der Waals surface area contributed by atoms with Crippen molar-refractivity contribution >= 4 is 0 Å². The van der Waals surface area contributed by atoms with Crippen molar-refractivity contribution in [2.24, 2.45) is 34.5 Å². The Morgan fingerprint density at radius 1 is 1.03 bits per heavy atom. The van der Waals surface area contributed by atoms with E-state index in [1.807, 2.05) is 0 Å². The zero-order valence-corrected chi connectivity index (χ0v) is 20.6. The summed E-state index contributed by atoms with van der Waals surface area (Å²) in [6, 6.07) is -0.312. The molecule has 6 fully saturated rings. The number of rotatable bonds is 6. The Labute approximate surface area is 196 Å². The molecular weight excluding hydrogens is 426 g/mol. The first-order chi connectivity index (χ1) is 15.8. The second kappa shape index (κ2) is 7.13. The van der Waals surface area contributed by atoms with Crippen molar-refractivity contribution in [1.29, 1.82) is 0 Å². The summed E-state index contributed by atoms with van der Waals surface area (Å²) < 4.78 is 24.5. The van der Waals surface area contributed by atoms with Crippen LogP contribution in [0.25, 0.3) is 0 Å². The maximum atomic E-state index is 13.0. The van der Waals surface area contributed by atoms with Crippen LogP contribution < -0.4 is 0 Å². The number of fused-ring (bicyclic) bond motifs is 2. The number of methoxy groups -OCH3 is 4. The molecule has 0 aromatic carbocycles. The molecule has 0 amide bonds. The van der Waals surface area contributed by atoms with E-state index in [2.05, 4.69) is 11.8 Å². The minimum absolute atomic E-state index is 0.0443. The van der Waals surface area contributed by atoms with Crippen LogP contribution in [0.4, 0.5) is 0 Å². The third-order valence-corrected chi connectivity index (χ3v) is 11.6. The Hall–Kier alpha value is -0.320. The van der Waals surface area contributed by atoms with Gasteiger partial charge in [-0.05, 0) is 31.7 Å². The lowest BCUT2D eigenvalue weighted by atomic mass is 9.42. The third-order valence-electron chi connectivity index (χ3n) is 11.6. The highest BCUT2D eigenvalue weighted by Gasteiger charge is 2.91. The number of hydrogen-bond acceptors (Lipinski definition) is 8. The van der Waals surface area contributed by atoms with Crippen molar-refractivity contribution in [3.8, 4) is 0 Å². The number of aliphatic hydroxyl groups excluding tert-OH is 1. The molecule has 3 unspecified atom stereocenters. The van der Waals surface area contributed by atoms with Crippen LogP contribution in [0, 0.1) is 34.5 Å². The Morgan fingerprint density at radius 2 is 1.79 bits per heavy atom. The summed E-state index contributed by atoms with van der Waals surface area (Å²) in [6.07, 6.45) is 1.81. The van der Waals surface area contributed by atoms with Crippen molar-refractivity contribution in [3.63, 3.8) is 0 Å². The number of nitrogens with zero attached hydrogens (tertiary/aromatic N) is 1. The van der Waals surface area contributed by atoms with E-state index in [0.717, 1.165) is 25.8 Å². The molecule has 0 radical (unpaired) electrons. The molecule has 3 N–H and O–H groups in total. The van der Waals surface area contributed by atoms with Gasteiger partial charge >= 0.3 is 0 Å². The average Bonchev–Trinajstić information content (AvgIpc) is 3.24. The topological polar surface area (TPSA) is 101 Å². The first-order valence-electron chi connectivity index (χ1n) is 12.7. The van der Waals surface area contributed by atoms with Gasteiger partial charge in [-0.1, -0.05) is 6.92 Å². The predicted molar refractivity (Wildman–Crippen MR) is 119 cm³/mol. The van der Waals surface area contributed by atoms with Crippen LogP contribution in [0.5, 0.6) is 0 Å². The van der Waals surface area contributed by atoms with Crippen molar-refractivity contribution < 1.29 is 34.3 Å². The minimum atomic E-state index is -1.52. The summed E-state index contributed by atoms with van der Waals surface area (Å²) >= 11 is 0. The zero-order chi connectivity index (χ0) is 23.6. The van der Waals surface area contributed by atoms with Crippen LogP contribution in [0.1, 0.15) is 32.6 Å². The van der Waals surface area contributed by atoms with E-state index < -0.39 is 28.1 Å². The van der Waals surface area contributed by atoms with Gasteiger partial charge in [0.05, 0.1) is 37.1 Å². The van der Waals surface area contributed by atoms with Crippen LogP contribution in [0.2, 0.25) is 0 Å². The highest BCUT2D eigenvalue weighted by Crippen LogP contribution is 2.80. The van der Waals surface area contributed by atoms with Crippen LogP contribution in [-0.4, -0.2) is 110 Å². The predicted octanol–water partition coefficient (Wildman–Crippen LogP) is 0.271. The molecule has 188 valence electrons. The molecular formula is C25H41NO7. The Bertz CT molecular complexity index is 814. The van der Waals surface area contributed by atoms with Crippen LogP contribution >= 0.6 is 0 Å². The van der Waals surface area contributed by atoms with Gasteiger partial charge in [0.15, 0.2) is 0 Å². The van der Waals surface area contributed by atoms with Gasteiger partial charge in [-0.3, -0.25) is 4.90 Å². The fourth-order valence-corrected chi connectivity index (χ4v) is 11.0. The Balaban J connectivity index is 1.68. The van der Waals surface area contributed by atoms with Crippen molar-refractivity contribution in [2.45, 2.75) is 74.3 Å². The summed E-state index contributed by atoms with van der Waals surface area (Å²) in [6.45, 7) is 3.59. The van der Waals surface area contributed by atoms with Gasteiger partial charge in [0.1, 0.15) is 11.2 Å². The van der Waals surface area contributed by atoms with Gasteiger partial charge in [-0.15, -0.1) is 0 Å². The first kappa shape index (κ1) is 23.1. The molecule has 13 atom stereocenters. The van der Waals surface area contributed by atoms with Crippen molar-refractivity contribution in [3.05, 3.63) is 0 Å². The lowest BCUT2D eigenvalue weighted by Crippen LogP contribution is -2.82. The maximum Gasteiger partial charge on any atom is 0.136 e. The molecule has 33 heavy (non-hydrogen) atoms. The molecule has 6 aliphatic rings. The Morgan fingerprint density at radius 3 is 2.36 bits per heavy atom. The molecule has 1 spiro atoms. The highest BCUT2D eigenvalue weighted by atomic mass is 16.5. The van der Waals surface area contributed by atoms with Gasteiger partial charge in [0.25, 0.3) is 0 Å². The number of likely N-dealkylation sites (tertiary alicyclic amines) is 1. The van der Waals surface area contributed by atoms with Crippen LogP contribution in [-0.2, 0) is 18.9 Å². The van der Waals surface area contributed by atoms with E-state index in [-0.39, 0.29) is 54.6 Å². The number of aliphatic hydroxyl groups is 3. The maximum absolute atomic E-state index is 13.0. The van der Waals surface area contributed by atoms with Crippen molar-refractivity contribution in [2.75, 3.05) is 48.1 Å². The molecule has 1 aliphatic heterocycles. The quantitative estimate of drug-likeness (QED) is 0.512. The normalized spacial score (nSPS) is 60.9. The largest absolute Gasteiger partial charge is 0.396 e. The second-order valence-electron chi connectivity index (χ2n) is 11.8. The third kappa shape index (κ3) is 2.16. The number of hydrogen-bond donors (Lipinski definition) is 3. The van der Waals surface area contributed by atoms with E-state index in [1.54, 1.807) is 28.4 Å². The van der Waals surface area contributed by atoms with E-state index in [0.29, 0.717) is 13.0 Å². The highest BCUT2D eigenvalue weighted by molar-refractivity contribution is 5.41. The summed E-state index contributed by atoms with van der Waals surface area (Å²) in [4.78, 5) is 2.33. The molecule has 1 heterocycles. The molecule has 7 bridgehead atoms. The van der Waals surface area contributed by atoms with Gasteiger partial charge < -0.3 is 34.3 Å². The van der Waals surface area contributed by atoms with Crippen LogP contribution in [0.3, 0.4) is 0 Å². The summed E-state index contributed by atoms with van der Waals surface area (Å²) in [5.74, 6) is -0.0916. The molecule has 1 saturated heterocycles. The monoisotopic (exact) mass is 467 g/mol. The smallest absolute Gasteiger partial charge is 0.136 e. The van der Waals surface area contributed by atoms with Gasteiger partial charge in [-0.2, -0.15) is 0 Å². The molecule has 0 aromatic heterocycles. The van der Waals surface area contributed by atoms with Gasteiger partial charge in [0, 0.05) is 70.0 Å². The molecule has 5 saturated carbocycles. The SMILES string of the molecule is CCN1C[C@]2(CO)CC[C@H](OC)[C@@]34C2C(OC)[C@@](O)([C@@H]13)[C@@]1(O)C[C@@H](OC)[C@H]2C[C@@H]4C1[C@H]2OC. The van der Waals surface area contributed by atoms with E-state index in [9.17, 15) is 15.3 Å². The summed E-state index contributed by atoms with van der Waals surface area (Å²) in [5, 5.41) is 36.6. The lowest BCUT2D eigenvalue weighted by molar-refractivity contribution is -0.320. The van der Waals surface area contributed by atoms with Crippen molar-refractivity contribution in [1.82, 2.24) is 4.90 Å². The number of ether oxygens (including phenoxy) is 4. The molecule has 5 aliphatic carbocycles. The minimum Gasteiger partial charge on any atom is -0.396 e. The van der Waals surface area contributed by atoms with Crippen LogP contribution in [0.15, 0.2) is 0 Å².